The van der Waals surface area contributed by atoms with Crippen molar-refractivity contribution < 1.29 is 19.1 Å². The SMILES string of the molecule is CCCCOc1c2n(ccc1=O)C1(CCN(C(=O)OC(C)(C)C)C1)CNC2=O. The maximum absolute atomic E-state index is 12.6. The van der Waals surface area contributed by atoms with E-state index in [-0.39, 0.29) is 28.9 Å². The molecule has 2 aliphatic heterocycles. The summed E-state index contributed by atoms with van der Waals surface area (Å²) in [6, 6.07) is 1.43. The van der Waals surface area contributed by atoms with Gasteiger partial charge in [0.1, 0.15) is 5.60 Å². The Morgan fingerprint density at radius 1 is 1.32 bits per heavy atom. The van der Waals surface area contributed by atoms with Crippen LogP contribution in [0.3, 0.4) is 0 Å². The first kappa shape index (κ1) is 20.2. The number of carbonyl (C=O) groups excluding carboxylic acids is 2. The van der Waals surface area contributed by atoms with Gasteiger partial charge in [-0.15, -0.1) is 0 Å². The standard InChI is InChI=1S/C20H29N3O5/c1-5-6-11-27-16-14(24)7-9-23-15(16)17(25)21-12-20(23)8-10-22(13-20)18(26)28-19(2,3)4/h7,9H,5-6,8,10-13H2,1-4H3,(H,21,25). The maximum Gasteiger partial charge on any atom is 0.410 e. The van der Waals surface area contributed by atoms with Crippen molar-refractivity contribution in [1.29, 1.82) is 0 Å². The minimum atomic E-state index is -0.573. The fraction of sp³-hybridized carbons (Fsp3) is 0.650. The van der Waals surface area contributed by atoms with Gasteiger partial charge in [0.2, 0.25) is 5.43 Å². The summed E-state index contributed by atoms with van der Waals surface area (Å²) in [7, 11) is 0. The third kappa shape index (κ3) is 3.86. The number of ether oxygens (including phenoxy) is 2. The number of likely N-dealkylation sites (tertiary alicyclic amines) is 1. The van der Waals surface area contributed by atoms with Gasteiger partial charge in [0.15, 0.2) is 11.4 Å². The summed E-state index contributed by atoms with van der Waals surface area (Å²) >= 11 is 0. The molecular formula is C20H29N3O5. The molecule has 1 saturated heterocycles. The number of rotatable bonds is 4. The average Bonchev–Trinajstić information content (AvgIpc) is 3.04. The van der Waals surface area contributed by atoms with Gasteiger partial charge in [-0.05, 0) is 33.6 Å². The second kappa shape index (κ2) is 7.48. The van der Waals surface area contributed by atoms with E-state index in [2.05, 4.69) is 5.32 Å². The first-order valence-electron chi connectivity index (χ1n) is 9.82. The third-order valence-corrected chi connectivity index (χ3v) is 5.09. The summed E-state index contributed by atoms with van der Waals surface area (Å²) in [5.74, 6) is -0.242. The van der Waals surface area contributed by atoms with Crippen molar-refractivity contribution in [3.63, 3.8) is 0 Å². The summed E-state index contributed by atoms with van der Waals surface area (Å²) in [5.41, 5.74) is -1.16. The Labute approximate surface area is 164 Å². The summed E-state index contributed by atoms with van der Waals surface area (Å²) in [6.07, 6.45) is 3.64. The van der Waals surface area contributed by atoms with Crippen molar-refractivity contribution in [2.75, 3.05) is 26.2 Å². The molecule has 1 spiro atoms. The Morgan fingerprint density at radius 2 is 2.07 bits per heavy atom. The fourth-order valence-electron chi connectivity index (χ4n) is 3.68. The van der Waals surface area contributed by atoms with Crippen LogP contribution in [-0.4, -0.2) is 53.3 Å². The van der Waals surface area contributed by atoms with E-state index in [0.29, 0.717) is 32.7 Å². The van der Waals surface area contributed by atoms with Gasteiger partial charge in [0.05, 0.1) is 12.1 Å². The van der Waals surface area contributed by atoms with Gasteiger partial charge in [-0.25, -0.2) is 4.79 Å². The molecule has 3 rings (SSSR count). The number of unbranched alkanes of at least 4 members (excludes halogenated alkanes) is 1. The topological polar surface area (TPSA) is 89.9 Å². The van der Waals surface area contributed by atoms with Crippen molar-refractivity contribution >= 4 is 12.0 Å². The highest BCUT2D eigenvalue weighted by Gasteiger charge is 2.47. The molecule has 8 nitrogen and oxygen atoms in total. The first-order valence-corrected chi connectivity index (χ1v) is 9.82. The Kier molecular flexibility index (Phi) is 5.41. The van der Waals surface area contributed by atoms with Crippen molar-refractivity contribution in [2.45, 2.75) is 58.1 Å². The number of pyridine rings is 1. The van der Waals surface area contributed by atoms with Crippen LogP contribution in [-0.2, 0) is 10.3 Å². The van der Waals surface area contributed by atoms with Crippen molar-refractivity contribution in [2.24, 2.45) is 0 Å². The number of fused-ring (bicyclic) bond motifs is 2. The minimum absolute atomic E-state index is 0.0863. The van der Waals surface area contributed by atoms with Crippen LogP contribution in [0, 0.1) is 0 Å². The number of hydrogen-bond acceptors (Lipinski definition) is 5. The lowest BCUT2D eigenvalue weighted by Gasteiger charge is -2.38. The summed E-state index contributed by atoms with van der Waals surface area (Å²) < 4.78 is 13.0. The van der Waals surface area contributed by atoms with E-state index in [1.165, 1.54) is 6.07 Å². The second-order valence-electron chi connectivity index (χ2n) is 8.49. The van der Waals surface area contributed by atoms with Crippen LogP contribution in [0.1, 0.15) is 57.4 Å². The van der Waals surface area contributed by atoms with Crippen LogP contribution >= 0.6 is 0 Å². The molecule has 1 aromatic rings. The van der Waals surface area contributed by atoms with Crippen LogP contribution in [0.15, 0.2) is 17.1 Å². The molecule has 0 radical (unpaired) electrons. The molecule has 1 fully saturated rings. The zero-order valence-corrected chi connectivity index (χ0v) is 17.0. The molecule has 0 saturated carbocycles. The Morgan fingerprint density at radius 3 is 2.75 bits per heavy atom. The van der Waals surface area contributed by atoms with Crippen molar-refractivity contribution in [3.8, 4) is 5.75 Å². The van der Waals surface area contributed by atoms with Crippen LogP contribution in [0.5, 0.6) is 5.75 Å². The number of carbonyl (C=O) groups is 2. The molecule has 0 aromatic carbocycles. The molecule has 1 unspecified atom stereocenters. The normalized spacial score (nSPS) is 21.4. The molecule has 1 N–H and O–H groups in total. The lowest BCUT2D eigenvalue weighted by Crippen LogP contribution is -2.54. The monoisotopic (exact) mass is 391 g/mol. The Hall–Kier alpha value is -2.51. The molecule has 1 atom stereocenters. The van der Waals surface area contributed by atoms with Gasteiger partial charge in [0.25, 0.3) is 5.91 Å². The number of hydrogen-bond donors (Lipinski definition) is 1. The zero-order valence-electron chi connectivity index (χ0n) is 17.0. The van der Waals surface area contributed by atoms with E-state index in [1.54, 1.807) is 11.1 Å². The molecule has 3 heterocycles. The molecule has 1 aromatic heterocycles. The number of nitrogens with one attached hydrogen (secondary N) is 1. The molecular weight excluding hydrogens is 362 g/mol. The summed E-state index contributed by atoms with van der Waals surface area (Å²) in [4.78, 5) is 39.1. The van der Waals surface area contributed by atoms with Crippen LogP contribution in [0.4, 0.5) is 4.79 Å². The molecule has 0 aliphatic carbocycles. The fourth-order valence-corrected chi connectivity index (χ4v) is 3.68. The molecule has 0 bridgehead atoms. The smallest absolute Gasteiger partial charge is 0.410 e. The lowest BCUT2D eigenvalue weighted by atomic mass is 9.94. The van der Waals surface area contributed by atoms with E-state index >= 15 is 0 Å². The highest BCUT2D eigenvalue weighted by atomic mass is 16.6. The van der Waals surface area contributed by atoms with Gasteiger partial charge in [-0.1, -0.05) is 13.3 Å². The van der Waals surface area contributed by atoms with E-state index in [4.69, 9.17) is 9.47 Å². The maximum atomic E-state index is 12.6. The minimum Gasteiger partial charge on any atom is -0.487 e. The average molecular weight is 391 g/mol. The quantitative estimate of drug-likeness (QED) is 0.794. The largest absolute Gasteiger partial charge is 0.487 e. The van der Waals surface area contributed by atoms with Crippen LogP contribution < -0.4 is 15.5 Å². The molecule has 8 heteroatoms. The van der Waals surface area contributed by atoms with Crippen molar-refractivity contribution in [3.05, 3.63) is 28.2 Å². The highest BCUT2D eigenvalue weighted by Crippen LogP contribution is 2.35. The summed E-state index contributed by atoms with van der Waals surface area (Å²) in [6.45, 7) is 9.20. The number of amides is 2. The lowest BCUT2D eigenvalue weighted by molar-refractivity contribution is 0.0272. The third-order valence-electron chi connectivity index (χ3n) is 5.09. The zero-order chi connectivity index (χ0) is 20.5. The van der Waals surface area contributed by atoms with Gasteiger partial charge in [-0.3, -0.25) is 9.59 Å². The van der Waals surface area contributed by atoms with E-state index in [9.17, 15) is 14.4 Å². The van der Waals surface area contributed by atoms with Gasteiger partial charge >= 0.3 is 6.09 Å². The van der Waals surface area contributed by atoms with Crippen molar-refractivity contribution in [1.82, 2.24) is 14.8 Å². The van der Waals surface area contributed by atoms with E-state index < -0.39 is 11.1 Å². The predicted octanol–water partition coefficient (Wildman–Crippen LogP) is 2.11. The van der Waals surface area contributed by atoms with Gasteiger partial charge < -0.3 is 24.3 Å². The van der Waals surface area contributed by atoms with Gasteiger partial charge in [0, 0.05) is 31.9 Å². The Balaban J connectivity index is 1.92. The number of aromatic nitrogens is 1. The first-order chi connectivity index (χ1) is 13.2. The summed E-state index contributed by atoms with van der Waals surface area (Å²) in [5, 5.41) is 2.88. The number of nitrogens with zero attached hydrogens (tertiary/aromatic N) is 2. The molecule has 2 aliphatic rings. The van der Waals surface area contributed by atoms with E-state index in [0.717, 1.165) is 12.8 Å². The Bertz CT molecular complexity index is 826. The van der Waals surface area contributed by atoms with Crippen LogP contribution in [0.25, 0.3) is 0 Å². The van der Waals surface area contributed by atoms with Crippen LogP contribution in [0.2, 0.25) is 0 Å². The van der Waals surface area contributed by atoms with Gasteiger partial charge in [-0.2, -0.15) is 0 Å². The predicted molar refractivity (Wildman–Crippen MR) is 104 cm³/mol. The molecule has 28 heavy (non-hydrogen) atoms. The van der Waals surface area contributed by atoms with E-state index in [1.807, 2.05) is 32.3 Å². The molecule has 2 amide bonds. The second-order valence-corrected chi connectivity index (χ2v) is 8.49. The molecule has 154 valence electrons. The highest BCUT2D eigenvalue weighted by molar-refractivity contribution is 5.96.